The molecule has 0 saturated heterocycles. The van der Waals surface area contributed by atoms with E-state index in [0.29, 0.717) is 12.2 Å². The zero-order valence-electron chi connectivity index (χ0n) is 8.59. The number of non-ortho nitro benzene ring substituents is 1. The van der Waals surface area contributed by atoms with Gasteiger partial charge < -0.3 is 5.32 Å². The highest BCUT2D eigenvalue weighted by atomic mass is 79.9. The zero-order chi connectivity index (χ0) is 12.3. The Morgan fingerprint density at radius 3 is 3.00 bits per heavy atom. The molecule has 88 valence electrons. The van der Waals surface area contributed by atoms with Crippen LogP contribution in [0.2, 0.25) is 0 Å². The molecule has 0 radical (unpaired) electrons. The van der Waals surface area contributed by atoms with Gasteiger partial charge in [-0.2, -0.15) is 0 Å². The first-order valence-corrected chi connectivity index (χ1v) is 6.45. The van der Waals surface area contributed by atoms with Gasteiger partial charge in [0.2, 0.25) is 0 Å². The smallest absolute Gasteiger partial charge is 0.271 e. The van der Waals surface area contributed by atoms with Crippen molar-refractivity contribution in [2.45, 2.75) is 6.54 Å². The molecule has 17 heavy (non-hydrogen) atoms. The number of nitro benzene ring substituents is 1. The number of rotatable bonds is 4. The van der Waals surface area contributed by atoms with Crippen LogP contribution >= 0.6 is 27.3 Å². The van der Waals surface area contributed by atoms with E-state index in [0.717, 1.165) is 10.2 Å². The first-order valence-electron chi connectivity index (χ1n) is 4.71. The van der Waals surface area contributed by atoms with Crippen molar-refractivity contribution in [3.63, 3.8) is 0 Å². The Labute approximate surface area is 110 Å². The summed E-state index contributed by atoms with van der Waals surface area (Å²) in [6.45, 7) is 0.545. The second kappa shape index (κ2) is 5.24. The maximum Gasteiger partial charge on any atom is 0.271 e. The van der Waals surface area contributed by atoms with Crippen molar-refractivity contribution >= 4 is 38.6 Å². The van der Waals surface area contributed by atoms with E-state index in [1.807, 2.05) is 5.38 Å². The van der Waals surface area contributed by atoms with Crippen LogP contribution in [-0.4, -0.2) is 9.91 Å². The number of hydrogen-bond acceptors (Lipinski definition) is 5. The molecule has 0 amide bonds. The fourth-order valence-electron chi connectivity index (χ4n) is 1.27. The van der Waals surface area contributed by atoms with E-state index in [4.69, 9.17) is 0 Å². The van der Waals surface area contributed by atoms with E-state index in [9.17, 15) is 10.1 Å². The normalized spacial score (nSPS) is 10.2. The molecule has 5 nitrogen and oxygen atoms in total. The summed E-state index contributed by atoms with van der Waals surface area (Å²) in [5.74, 6) is 0. The van der Waals surface area contributed by atoms with E-state index in [2.05, 4.69) is 26.2 Å². The molecule has 1 aromatic carbocycles. The average molecular weight is 314 g/mol. The van der Waals surface area contributed by atoms with Gasteiger partial charge in [-0.25, -0.2) is 4.98 Å². The lowest BCUT2D eigenvalue weighted by atomic mass is 10.3. The van der Waals surface area contributed by atoms with E-state index < -0.39 is 4.92 Å². The van der Waals surface area contributed by atoms with Gasteiger partial charge in [-0.15, -0.1) is 11.3 Å². The third-order valence-corrected chi connectivity index (χ3v) is 3.43. The fourth-order valence-corrected chi connectivity index (χ4v) is 2.22. The highest BCUT2D eigenvalue weighted by Crippen LogP contribution is 2.27. The van der Waals surface area contributed by atoms with Crippen LogP contribution in [0.1, 0.15) is 5.69 Å². The molecule has 1 aromatic heterocycles. The quantitative estimate of drug-likeness (QED) is 0.693. The first-order chi connectivity index (χ1) is 8.16. The molecule has 0 aliphatic heterocycles. The van der Waals surface area contributed by atoms with Crippen molar-refractivity contribution in [2.24, 2.45) is 0 Å². The molecule has 0 saturated carbocycles. The summed E-state index contributed by atoms with van der Waals surface area (Å²) in [5, 5.41) is 15.7. The molecular weight excluding hydrogens is 306 g/mol. The van der Waals surface area contributed by atoms with E-state index in [-0.39, 0.29) is 5.69 Å². The minimum absolute atomic E-state index is 0.0639. The van der Waals surface area contributed by atoms with Crippen molar-refractivity contribution in [1.82, 2.24) is 4.98 Å². The van der Waals surface area contributed by atoms with Gasteiger partial charge in [-0.3, -0.25) is 10.1 Å². The molecule has 7 heteroatoms. The number of anilines is 1. The molecule has 0 bridgehead atoms. The van der Waals surface area contributed by atoms with Crippen molar-refractivity contribution in [1.29, 1.82) is 0 Å². The molecule has 2 aromatic rings. The summed E-state index contributed by atoms with van der Waals surface area (Å²) >= 11 is 4.86. The van der Waals surface area contributed by atoms with Gasteiger partial charge in [0.25, 0.3) is 5.69 Å². The topological polar surface area (TPSA) is 68.1 Å². The summed E-state index contributed by atoms with van der Waals surface area (Å²) in [6.07, 6.45) is 0. The van der Waals surface area contributed by atoms with E-state index in [1.165, 1.54) is 23.5 Å². The summed E-state index contributed by atoms with van der Waals surface area (Å²) in [4.78, 5) is 14.4. The van der Waals surface area contributed by atoms with Crippen molar-refractivity contribution < 1.29 is 4.92 Å². The standard InChI is InChI=1S/C10H8BrN3O2S/c11-9-2-1-8(14(15)16)3-10(9)12-4-7-5-17-6-13-7/h1-3,5-6,12H,4H2. The Morgan fingerprint density at radius 2 is 2.35 bits per heavy atom. The second-order valence-electron chi connectivity index (χ2n) is 3.25. The molecule has 0 aliphatic rings. The highest BCUT2D eigenvalue weighted by Gasteiger charge is 2.09. The van der Waals surface area contributed by atoms with Gasteiger partial charge in [-0.05, 0) is 22.0 Å². The highest BCUT2D eigenvalue weighted by molar-refractivity contribution is 9.10. The number of aromatic nitrogens is 1. The zero-order valence-corrected chi connectivity index (χ0v) is 11.0. The lowest BCUT2D eigenvalue weighted by molar-refractivity contribution is -0.384. The summed E-state index contributed by atoms with van der Waals surface area (Å²) < 4.78 is 0.790. The van der Waals surface area contributed by atoms with Gasteiger partial charge in [0.1, 0.15) is 0 Å². The van der Waals surface area contributed by atoms with Gasteiger partial charge in [0.05, 0.1) is 28.4 Å². The maximum absolute atomic E-state index is 10.6. The van der Waals surface area contributed by atoms with Crippen LogP contribution < -0.4 is 5.32 Å². The summed E-state index contributed by atoms with van der Waals surface area (Å²) in [6, 6.07) is 4.61. The van der Waals surface area contributed by atoms with Crippen molar-refractivity contribution in [2.75, 3.05) is 5.32 Å². The number of nitrogens with zero attached hydrogens (tertiary/aromatic N) is 2. The predicted molar refractivity (Wildman–Crippen MR) is 70.2 cm³/mol. The van der Waals surface area contributed by atoms with Crippen LogP contribution in [-0.2, 0) is 6.54 Å². The third kappa shape index (κ3) is 3.01. The van der Waals surface area contributed by atoms with E-state index >= 15 is 0 Å². The van der Waals surface area contributed by atoms with Gasteiger partial charge in [0.15, 0.2) is 0 Å². The van der Waals surface area contributed by atoms with Crippen LogP contribution in [0.4, 0.5) is 11.4 Å². The summed E-state index contributed by atoms with van der Waals surface area (Å²) in [7, 11) is 0. The van der Waals surface area contributed by atoms with Gasteiger partial charge in [0, 0.05) is 22.0 Å². The minimum Gasteiger partial charge on any atom is -0.378 e. The molecule has 1 heterocycles. The second-order valence-corrected chi connectivity index (χ2v) is 4.83. The number of nitrogens with one attached hydrogen (secondary N) is 1. The largest absolute Gasteiger partial charge is 0.378 e. The molecule has 0 aliphatic carbocycles. The number of halogens is 1. The number of hydrogen-bond donors (Lipinski definition) is 1. The average Bonchev–Trinajstić information content (AvgIpc) is 2.80. The van der Waals surface area contributed by atoms with E-state index in [1.54, 1.807) is 11.6 Å². The van der Waals surface area contributed by atoms with Crippen LogP contribution in [0, 0.1) is 10.1 Å². The maximum atomic E-state index is 10.6. The number of thiazole rings is 1. The lowest BCUT2D eigenvalue weighted by Crippen LogP contribution is -2.01. The first kappa shape index (κ1) is 12.0. The van der Waals surface area contributed by atoms with Crippen LogP contribution in [0.5, 0.6) is 0 Å². The molecule has 0 unspecified atom stereocenters. The minimum atomic E-state index is -0.416. The molecular formula is C10H8BrN3O2S. The van der Waals surface area contributed by atoms with Crippen LogP contribution in [0.15, 0.2) is 33.6 Å². The van der Waals surface area contributed by atoms with Gasteiger partial charge in [-0.1, -0.05) is 0 Å². The molecule has 0 spiro atoms. The van der Waals surface area contributed by atoms with Crippen LogP contribution in [0.3, 0.4) is 0 Å². The van der Waals surface area contributed by atoms with Crippen LogP contribution in [0.25, 0.3) is 0 Å². The monoisotopic (exact) mass is 313 g/mol. The Hall–Kier alpha value is -1.47. The lowest BCUT2D eigenvalue weighted by Gasteiger charge is -2.06. The number of benzene rings is 1. The fraction of sp³-hybridized carbons (Fsp3) is 0.100. The van der Waals surface area contributed by atoms with Crippen molar-refractivity contribution in [3.05, 3.63) is 49.4 Å². The third-order valence-electron chi connectivity index (χ3n) is 2.10. The molecule has 0 fully saturated rings. The molecule has 1 N–H and O–H groups in total. The Bertz CT molecular complexity index is 530. The predicted octanol–water partition coefficient (Wildman–Crippen LogP) is 3.43. The Balaban J connectivity index is 2.14. The molecule has 0 atom stereocenters. The Kier molecular flexibility index (Phi) is 3.70. The summed E-state index contributed by atoms with van der Waals surface area (Å²) in [5.41, 5.74) is 3.41. The van der Waals surface area contributed by atoms with Gasteiger partial charge >= 0.3 is 0 Å². The molecule has 2 rings (SSSR count). The SMILES string of the molecule is O=[N+]([O-])c1ccc(Br)c(NCc2cscn2)c1. The van der Waals surface area contributed by atoms with Crippen molar-refractivity contribution in [3.8, 4) is 0 Å². The Morgan fingerprint density at radius 1 is 1.53 bits per heavy atom. The number of nitro groups is 1.